The first-order chi connectivity index (χ1) is 8.59. The summed E-state index contributed by atoms with van der Waals surface area (Å²) >= 11 is 0. The predicted molar refractivity (Wildman–Crippen MR) is 64.9 cm³/mol. The molecule has 18 heavy (non-hydrogen) atoms. The van der Waals surface area contributed by atoms with Crippen molar-refractivity contribution in [1.29, 1.82) is 0 Å². The fraction of sp³-hybridized carbons (Fsp3) is 0.500. The summed E-state index contributed by atoms with van der Waals surface area (Å²) in [4.78, 5) is 22.5. The second-order valence-corrected chi connectivity index (χ2v) is 4.51. The normalized spacial score (nSPS) is 16.9. The molecule has 4 N–H and O–H groups in total. The van der Waals surface area contributed by atoms with Gasteiger partial charge in [0.15, 0.2) is 0 Å². The molecule has 1 fully saturated rings. The Balaban J connectivity index is 1.96. The summed E-state index contributed by atoms with van der Waals surface area (Å²) in [7, 11) is 0. The molecule has 1 heterocycles. The third-order valence-corrected chi connectivity index (χ3v) is 3.26. The number of primary amides is 1. The van der Waals surface area contributed by atoms with E-state index in [1.807, 2.05) is 16.8 Å². The maximum absolute atomic E-state index is 11.9. The molecule has 0 aromatic carbocycles. The minimum Gasteiger partial charge on any atom is -0.381 e. The zero-order chi connectivity index (χ0) is 13.1. The van der Waals surface area contributed by atoms with E-state index in [1.165, 1.54) is 6.42 Å². The molecule has 0 radical (unpaired) electrons. The highest BCUT2D eigenvalue weighted by atomic mass is 16.3. The number of nitrogens with zero attached hydrogens (tertiary/aromatic N) is 1. The second kappa shape index (κ2) is 5.22. The van der Waals surface area contributed by atoms with Crippen LogP contribution in [0.2, 0.25) is 0 Å². The lowest BCUT2D eigenvalue weighted by Gasteiger charge is -2.28. The largest absolute Gasteiger partial charge is 0.381 e. The Morgan fingerprint density at radius 3 is 2.83 bits per heavy atom. The molecule has 0 saturated heterocycles. The van der Waals surface area contributed by atoms with Crippen LogP contribution in [0, 0.1) is 0 Å². The molecule has 1 saturated carbocycles. The van der Waals surface area contributed by atoms with Gasteiger partial charge in [0.1, 0.15) is 11.8 Å². The van der Waals surface area contributed by atoms with Crippen molar-refractivity contribution in [3.63, 3.8) is 0 Å². The molecule has 1 aliphatic rings. The van der Waals surface area contributed by atoms with Gasteiger partial charge in [0.2, 0.25) is 5.91 Å². The van der Waals surface area contributed by atoms with Gasteiger partial charge in [0.25, 0.3) is 5.91 Å². The van der Waals surface area contributed by atoms with Crippen molar-refractivity contribution in [2.75, 3.05) is 6.54 Å². The number of rotatable bonds is 5. The van der Waals surface area contributed by atoms with E-state index in [9.17, 15) is 14.7 Å². The summed E-state index contributed by atoms with van der Waals surface area (Å²) in [5.41, 5.74) is 5.46. The Hall–Kier alpha value is -1.82. The van der Waals surface area contributed by atoms with E-state index >= 15 is 0 Å². The first-order valence-electron chi connectivity index (χ1n) is 6.02. The van der Waals surface area contributed by atoms with Crippen LogP contribution in [-0.2, 0) is 4.79 Å². The van der Waals surface area contributed by atoms with Crippen LogP contribution < -0.4 is 11.1 Å². The minimum atomic E-state index is -1.35. The number of nitrogens with one attached hydrogen (secondary N) is 1. The molecule has 1 unspecified atom stereocenters. The van der Waals surface area contributed by atoms with Gasteiger partial charge in [-0.2, -0.15) is 0 Å². The molecule has 98 valence electrons. The number of hydrogen-bond acceptors (Lipinski definition) is 3. The first-order valence-corrected chi connectivity index (χ1v) is 6.02. The lowest BCUT2D eigenvalue weighted by atomic mass is 9.93. The minimum absolute atomic E-state index is 0.163. The van der Waals surface area contributed by atoms with E-state index in [4.69, 9.17) is 5.73 Å². The Morgan fingerprint density at radius 2 is 2.28 bits per heavy atom. The standard InChI is InChI=1S/C12H17N3O3/c13-11(17)10(16)7-14-12(18)9-5-2-6-15(9)8-3-1-4-8/h2,5-6,8,10,16H,1,3-4,7H2,(H2,13,17)(H,14,18). The molecule has 2 rings (SSSR count). The lowest BCUT2D eigenvalue weighted by molar-refractivity contribution is -0.125. The summed E-state index contributed by atoms with van der Waals surface area (Å²) in [5, 5.41) is 11.7. The molecule has 6 heteroatoms. The van der Waals surface area contributed by atoms with Crippen molar-refractivity contribution in [2.24, 2.45) is 5.73 Å². The Morgan fingerprint density at radius 1 is 1.56 bits per heavy atom. The summed E-state index contributed by atoms with van der Waals surface area (Å²) in [5.74, 6) is -1.14. The van der Waals surface area contributed by atoms with Crippen molar-refractivity contribution in [2.45, 2.75) is 31.4 Å². The predicted octanol–water partition coefficient (Wildman–Crippen LogP) is -0.211. The van der Waals surface area contributed by atoms with Gasteiger partial charge in [-0.1, -0.05) is 0 Å². The summed E-state index contributed by atoms with van der Waals surface area (Å²) in [6.45, 7) is -0.163. The van der Waals surface area contributed by atoms with E-state index < -0.39 is 12.0 Å². The third-order valence-electron chi connectivity index (χ3n) is 3.26. The number of aliphatic hydroxyl groups is 1. The van der Waals surface area contributed by atoms with Crippen LogP contribution in [0.3, 0.4) is 0 Å². The second-order valence-electron chi connectivity index (χ2n) is 4.51. The Bertz CT molecular complexity index is 451. The van der Waals surface area contributed by atoms with Crippen LogP contribution in [0.4, 0.5) is 0 Å². The highest BCUT2D eigenvalue weighted by Gasteiger charge is 2.23. The van der Waals surface area contributed by atoms with E-state index in [0.29, 0.717) is 11.7 Å². The van der Waals surface area contributed by atoms with Gasteiger partial charge in [0.05, 0.1) is 6.54 Å². The van der Waals surface area contributed by atoms with E-state index in [1.54, 1.807) is 6.07 Å². The van der Waals surface area contributed by atoms with Crippen molar-refractivity contribution < 1.29 is 14.7 Å². The number of hydrogen-bond donors (Lipinski definition) is 3. The van der Waals surface area contributed by atoms with E-state index in [0.717, 1.165) is 12.8 Å². The Labute approximate surface area is 105 Å². The van der Waals surface area contributed by atoms with Crippen molar-refractivity contribution in [3.05, 3.63) is 24.0 Å². The summed E-state index contributed by atoms with van der Waals surface area (Å²) in [6, 6.07) is 3.93. The topological polar surface area (TPSA) is 97.4 Å². The van der Waals surface area contributed by atoms with Crippen LogP contribution in [-0.4, -0.2) is 34.1 Å². The highest BCUT2D eigenvalue weighted by Crippen LogP contribution is 2.32. The van der Waals surface area contributed by atoms with Gasteiger partial charge < -0.3 is 20.7 Å². The van der Waals surface area contributed by atoms with Crippen molar-refractivity contribution >= 4 is 11.8 Å². The number of aromatic nitrogens is 1. The van der Waals surface area contributed by atoms with E-state index in [-0.39, 0.29) is 12.5 Å². The molecule has 2 amide bonds. The molecular formula is C12H17N3O3. The summed E-state index contributed by atoms with van der Waals surface area (Å²) in [6.07, 6.45) is 3.88. The number of aliphatic hydroxyl groups excluding tert-OH is 1. The molecule has 0 spiro atoms. The van der Waals surface area contributed by atoms with Gasteiger partial charge in [0, 0.05) is 12.2 Å². The molecule has 1 aromatic heterocycles. The van der Waals surface area contributed by atoms with Crippen LogP contribution in [0.5, 0.6) is 0 Å². The maximum atomic E-state index is 11.9. The van der Waals surface area contributed by atoms with Gasteiger partial charge in [-0.15, -0.1) is 0 Å². The molecule has 0 bridgehead atoms. The lowest BCUT2D eigenvalue weighted by Crippen LogP contribution is -2.40. The van der Waals surface area contributed by atoms with Crippen LogP contribution in [0.25, 0.3) is 0 Å². The first kappa shape index (κ1) is 12.6. The van der Waals surface area contributed by atoms with Crippen LogP contribution in [0.15, 0.2) is 18.3 Å². The number of carbonyl (C=O) groups is 2. The molecule has 1 aromatic rings. The fourth-order valence-electron chi connectivity index (χ4n) is 1.95. The van der Waals surface area contributed by atoms with Gasteiger partial charge in [-0.3, -0.25) is 9.59 Å². The highest BCUT2D eigenvalue weighted by molar-refractivity contribution is 5.93. The van der Waals surface area contributed by atoms with Crippen molar-refractivity contribution in [3.8, 4) is 0 Å². The number of amides is 2. The molecule has 0 aliphatic heterocycles. The number of nitrogens with two attached hydrogens (primary N) is 1. The van der Waals surface area contributed by atoms with Crippen molar-refractivity contribution in [1.82, 2.24) is 9.88 Å². The third kappa shape index (κ3) is 2.53. The quantitative estimate of drug-likeness (QED) is 0.675. The fourth-order valence-corrected chi connectivity index (χ4v) is 1.95. The van der Waals surface area contributed by atoms with Crippen LogP contribution >= 0.6 is 0 Å². The molecule has 6 nitrogen and oxygen atoms in total. The molecular weight excluding hydrogens is 234 g/mol. The average molecular weight is 251 g/mol. The molecule has 1 aliphatic carbocycles. The number of carbonyl (C=O) groups excluding carboxylic acids is 2. The van der Waals surface area contributed by atoms with Crippen LogP contribution in [0.1, 0.15) is 35.8 Å². The SMILES string of the molecule is NC(=O)C(O)CNC(=O)c1cccn1C1CCC1. The van der Waals surface area contributed by atoms with E-state index in [2.05, 4.69) is 5.32 Å². The zero-order valence-electron chi connectivity index (χ0n) is 10.0. The van der Waals surface area contributed by atoms with Gasteiger partial charge in [-0.25, -0.2) is 0 Å². The van der Waals surface area contributed by atoms with Gasteiger partial charge >= 0.3 is 0 Å². The smallest absolute Gasteiger partial charge is 0.268 e. The Kier molecular flexibility index (Phi) is 3.66. The molecule has 1 atom stereocenters. The zero-order valence-corrected chi connectivity index (χ0v) is 10.0. The monoisotopic (exact) mass is 251 g/mol. The maximum Gasteiger partial charge on any atom is 0.268 e. The summed E-state index contributed by atoms with van der Waals surface area (Å²) < 4.78 is 1.94. The average Bonchev–Trinajstić information content (AvgIpc) is 2.71. The van der Waals surface area contributed by atoms with Gasteiger partial charge in [-0.05, 0) is 31.4 Å².